The third kappa shape index (κ3) is 6.34. The molecule has 29 heavy (non-hydrogen) atoms. The van der Waals surface area contributed by atoms with E-state index in [-0.39, 0.29) is 18.4 Å². The highest BCUT2D eigenvalue weighted by Crippen LogP contribution is 2.21. The van der Waals surface area contributed by atoms with Crippen molar-refractivity contribution in [1.82, 2.24) is 10.2 Å². The monoisotopic (exact) mass is 396 g/mol. The smallest absolute Gasteiger partial charge is 0.261 e. The van der Waals surface area contributed by atoms with Crippen LogP contribution in [0.4, 0.5) is 0 Å². The van der Waals surface area contributed by atoms with Crippen molar-refractivity contribution in [1.29, 1.82) is 0 Å². The van der Waals surface area contributed by atoms with Crippen LogP contribution in [0.5, 0.6) is 5.75 Å². The van der Waals surface area contributed by atoms with E-state index in [0.717, 1.165) is 16.7 Å². The molecule has 2 aromatic rings. The number of hydrogen-bond donors (Lipinski definition) is 1. The first-order chi connectivity index (χ1) is 14.0. The molecule has 0 radical (unpaired) electrons. The van der Waals surface area contributed by atoms with Crippen LogP contribution in [0.3, 0.4) is 0 Å². The Bertz CT molecular complexity index is 805. The third-order valence-electron chi connectivity index (χ3n) is 5.13. The average Bonchev–Trinajstić information content (AvgIpc) is 2.72. The summed E-state index contributed by atoms with van der Waals surface area (Å²) < 4.78 is 5.82. The lowest BCUT2D eigenvalue weighted by molar-refractivity contribution is -0.142. The number of likely N-dealkylation sites (N-methyl/N-ethyl adjacent to an activating group) is 1. The summed E-state index contributed by atoms with van der Waals surface area (Å²) in [7, 11) is 0. The maximum atomic E-state index is 13.1. The van der Waals surface area contributed by atoms with Gasteiger partial charge in [0.1, 0.15) is 11.8 Å². The molecule has 5 nitrogen and oxygen atoms in total. The lowest BCUT2D eigenvalue weighted by Crippen LogP contribution is -2.51. The van der Waals surface area contributed by atoms with Crippen LogP contribution in [0.25, 0.3) is 0 Å². The summed E-state index contributed by atoms with van der Waals surface area (Å²) in [6, 6.07) is 15.3. The van der Waals surface area contributed by atoms with Crippen LogP contribution in [0.1, 0.15) is 37.0 Å². The molecule has 0 aromatic heterocycles. The molecule has 0 heterocycles. The number of nitrogens with one attached hydrogen (secondary N) is 1. The summed E-state index contributed by atoms with van der Waals surface area (Å²) in [6.07, 6.45) is 1.24. The average molecular weight is 397 g/mol. The van der Waals surface area contributed by atoms with Crippen LogP contribution in [-0.2, 0) is 16.0 Å². The SMILES string of the molecule is CCNC(=O)[C@H](CC)N(CCc1ccccc1)C(=O)COc1cccc(C)c1C. The van der Waals surface area contributed by atoms with Crippen molar-refractivity contribution in [2.24, 2.45) is 0 Å². The Morgan fingerprint density at radius 2 is 1.76 bits per heavy atom. The summed E-state index contributed by atoms with van der Waals surface area (Å²) in [4.78, 5) is 27.3. The Morgan fingerprint density at radius 1 is 1.03 bits per heavy atom. The number of amides is 2. The summed E-state index contributed by atoms with van der Waals surface area (Å²) >= 11 is 0. The van der Waals surface area contributed by atoms with E-state index in [0.29, 0.717) is 31.7 Å². The second-order valence-electron chi connectivity index (χ2n) is 7.13. The number of carbonyl (C=O) groups is 2. The van der Waals surface area contributed by atoms with Crippen molar-refractivity contribution in [3.8, 4) is 5.75 Å². The van der Waals surface area contributed by atoms with E-state index < -0.39 is 6.04 Å². The van der Waals surface area contributed by atoms with Crippen LogP contribution in [0.2, 0.25) is 0 Å². The molecule has 5 heteroatoms. The van der Waals surface area contributed by atoms with Gasteiger partial charge in [-0.05, 0) is 56.4 Å². The minimum atomic E-state index is -0.506. The van der Waals surface area contributed by atoms with Crippen LogP contribution in [-0.4, -0.2) is 42.5 Å². The van der Waals surface area contributed by atoms with Crippen molar-refractivity contribution in [2.75, 3.05) is 19.7 Å². The molecule has 0 saturated heterocycles. The van der Waals surface area contributed by atoms with Crippen molar-refractivity contribution < 1.29 is 14.3 Å². The molecule has 1 N–H and O–H groups in total. The first-order valence-corrected chi connectivity index (χ1v) is 10.3. The van der Waals surface area contributed by atoms with E-state index in [4.69, 9.17) is 4.74 Å². The number of aryl methyl sites for hydroxylation is 1. The maximum Gasteiger partial charge on any atom is 0.261 e. The first-order valence-electron chi connectivity index (χ1n) is 10.3. The second kappa shape index (κ2) is 11.2. The first kappa shape index (κ1) is 22.5. The number of rotatable bonds is 10. The van der Waals surface area contributed by atoms with Crippen LogP contribution in [0.15, 0.2) is 48.5 Å². The summed E-state index contributed by atoms with van der Waals surface area (Å²) in [6.45, 7) is 8.71. The fourth-order valence-electron chi connectivity index (χ4n) is 3.29. The molecule has 0 saturated carbocycles. The highest BCUT2D eigenvalue weighted by molar-refractivity contribution is 5.88. The molecule has 2 aromatic carbocycles. The Labute approximate surface area is 174 Å². The quantitative estimate of drug-likeness (QED) is 0.667. The number of benzene rings is 2. The van der Waals surface area contributed by atoms with Gasteiger partial charge in [0.05, 0.1) is 0 Å². The van der Waals surface area contributed by atoms with Gasteiger partial charge in [-0.1, -0.05) is 49.4 Å². The van der Waals surface area contributed by atoms with Gasteiger partial charge in [0.25, 0.3) is 5.91 Å². The largest absolute Gasteiger partial charge is 0.483 e. The molecule has 1 atom stereocenters. The molecule has 0 aliphatic heterocycles. The van der Waals surface area contributed by atoms with E-state index in [1.807, 2.05) is 76.2 Å². The summed E-state index contributed by atoms with van der Waals surface area (Å²) in [5.41, 5.74) is 3.27. The van der Waals surface area contributed by atoms with Gasteiger partial charge in [0, 0.05) is 13.1 Å². The predicted octanol–water partition coefficient (Wildman–Crippen LogP) is 3.67. The second-order valence-corrected chi connectivity index (χ2v) is 7.13. The molecular weight excluding hydrogens is 364 g/mol. The van der Waals surface area contributed by atoms with Crippen molar-refractivity contribution >= 4 is 11.8 Å². The molecule has 0 fully saturated rings. The molecule has 0 aliphatic rings. The van der Waals surface area contributed by atoms with Crippen LogP contribution >= 0.6 is 0 Å². The van der Waals surface area contributed by atoms with E-state index in [2.05, 4.69) is 5.32 Å². The third-order valence-corrected chi connectivity index (χ3v) is 5.13. The minimum Gasteiger partial charge on any atom is -0.483 e. The standard InChI is InChI=1S/C24H32N2O3/c1-5-21(24(28)25-6-2)26(16-15-20-12-8-7-9-13-20)23(27)17-29-22-14-10-11-18(3)19(22)4/h7-14,21H,5-6,15-17H2,1-4H3,(H,25,28)/t21-/m0/s1. The highest BCUT2D eigenvalue weighted by atomic mass is 16.5. The van der Waals surface area contributed by atoms with Crippen molar-refractivity contribution in [2.45, 2.75) is 46.6 Å². The van der Waals surface area contributed by atoms with Gasteiger partial charge in [-0.3, -0.25) is 9.59 Å². The fourth-order valence-corrected chi connectivity index (χ4v) is 3.29. The summed E-state index contributed by atoms with van der Waals surface area (Å²) in [5, 5.41) is 2.85. The maximum absolute atomic E-state index is 13.1. The lowest BCUT2D eigenvalue weighted by atomic mass is 10.1. The minimum absolute atomic E-state index is 0.0883. The normalized spacial score (nSPS) is 11.6. The van der Waals surface area contributed by atoms with Gasteiger partial charge < -0.3 is 15.0 Å². The molecule has 2 amide bonds. The van der Waals surface area contributed by atoms with Gasteiger partial charge in [0.2, 0.25) is 5.91 Å². The van der Waals surface area contributed by atoms with Gasteiger partial charge >= 0.3 is 0 Å². The Hall–Kier alpha value is -2.82. The molecule has 0 unspecified atom stereocenters. The fraction of sp³-hybridized carbons (Fsp3) is 0.417. The summed E-state index contributed by atoms with van der Waals surface area (Å²) in [5.74, 6) is 0.399. The number of ether oxygens (including phenoxy) is 1. The van der Waals surface area contributed by atoms with E-state index in [1.165, 1.54) is 0 Å². The van der Waals surface area contributed by atoms with Crippen LogP contribution < -0.4 is 10.1 Å². The molecular formula is C24H32N2O3. The Morgan fingerprint density at radius 3 is 2.41 bits per heavy atom. The molecule has 0 bridgehead atoms. The van der Waals surface area contributed by atoms with Gasteiger partial charge in [-0.2, -0.15) is 0 Å². The highest BCUT2D eigenvalue weighted by Gasteiger charge is 2.28. The lowest BCUT2D eigenvalue weighted by Gasteiger charge is -2.30. The topological polar surface area (TPSA) is 58.6 Å². The van der Waals surface area contributed by atoms with Gasteiger partial charge in [0.15, 0.2) is 6.61 Å². The zero-order valence-electron chi connectivity index (χ0n) is 17.9. The van der Waals surface area contributed by atoms with E-state index in [9.17, 15) is 9.59 Å². The van der Waals surface area contributed by atoms with Gasteiger partial charge in [-0.25, -0.2) is 0 Å². The van der Waals surface area contributed by atoms with Crippen LogP contribution in [0, 0.1) is 13.8 Å². The van der Waals surface area contributed by atoms with E-state index >= 15 is 0 Å². The molecule has 2 rings (SSSR count). The zero-order chi connectivity index (χ0) is 21.2. The van der Waals surface area contributed by atoms with Gasteiger partial charge in [-0.15, -0.1) is 0 Å². The van der Waals surface area contributed by atoms with Crippen molar-refractivity contribution in [3.05, 3.63) is 65.2 Å². The number of nitrogens with zero attached hydrogens (tertiary/aromatic N) is 1. The Kier molecular flexibility index (Phi) is 8.71. The Balaban J connectivity index is 2.14. The molecule has 0 spiro atoms. The predicted molar refractivity (Wildman–Crippen MR) is 116 cm³/mol. The number of carbonyl (C=O) groups excluding carboxylic acids is 2. The zero-order valence-corrected chi connectivity index (χ0v) is 17.9. The number of hydrogen-bond acceptors (Lipinski definition) is 3. The van der Waals surface area contributed by atoms with E-state index in [1.54, 1.807) is 4.90 Å². The van der Waals surface area contributed by atoms with Crippen molar-refractivity contribution in [3.63, 3.8) is 0 Å². The molecule has 156 valence electrons. The molecule has 0 aliphatic carbocycles.